The first-order valence-electron chi connectivity index (χ1n) is 8.58. The molecule has 0 aromatic carbocycles. The zero-order valence-corrected chi connectivity index (χ0v) is 15.2. The number of hydrogen-bond donors (Lipinski definition) is 1. The topological polar surface area (TPSA) is 58.4 Å². The van der Waals surface area contributed by atoms with Gasteiger partial charge in [-0.2, -0.15) is 0 Å². The van der Waals surface area contributed by atoms with Gasteiger partial charge in [-0.25, -0.2) is 4.98 Å². The van der Waals surface area contributed by atoms with E-state index in [0.29, 0.717) is 11.6 Å². The van der Waals surface area contributed by atoms with Crippen LogP contribution in [-0.4, -0.2) is 45.2 Å². The third kappa shape index (κ3) is 3.54. The number of aliphatic hydroxyl groups excluding tert-OH is 1. The Kier molecular flexibility index (Phi) is 5.36. The summed E-state index contributed by atoms with van der Waals surface area (Å²) in [5, 5.41) is 11.9. The molecule has 0 radical (unpaired) electrons. The number of nitrogens with zero attached hydrogens (tertiary/aromatic N) is 3. The molecule has 1 N–H and O–H groups in total. The maximum absolute atomic E-state index is 12.8. The molecule has 0 spiro atoms. The predicted octanol–water partition coefficient (Wildman–Crippen LogP) is 3.08. The van der Waals surface area contributed by atoms with Crippen LogP contribution in [0.15, 0.2) is 17.5 Å². The van der Waals surface area contributed by atoms with Gasteiger partial charge in [0.05, 0.1) is 5.69 Å². The van der Waals surface area contributed by atoms with Crippen molar-refractivity contribution in [1.82, 2.24) is 14.5 Å². The fourth-order valence-corrected chi connectivity index (χ4v) is 4.17. The fraction of sp³-hybridized carbons (Fsp3) is 0.556. The van der Waals surface area contributed by atoms with E-state index in [4.69, 9.17) is 5.11 Å². The number of likely N-dealkylation sites (tertiary alicyclic amines) is 1. The monoisotopic (exact) mass is 347 g/mol. The third-order valence-corrected chi connectivity index (χ3v) is 5.85. The molecule has 0 saturated carbocycles. The van der Waals surface area contributed by atoms with Crippen molar-refractivity contribution in [3.05, 3.63) is 28.9 Å². The van der Waals surface area contributed by atoms with Crippen molar-refractivity contribution in [3.63, 3.8) is 0 Å². The predicted molar refractivity (Wildman–Crippen MR) is 96.2 cm³/mol. The number of aliphatic hydroxyl groups is 1. The highest BCUT2D eigenvalue weighted by molar-refractivity contribution is 7.13. The SMILES string of the molecule is Cc1ccc(-c2nc(C(=O)N3CCCC(CCO)CC3)cs2)n1C. The quantitative estimate of drug-likeness (QED) is 0.925. The van der Waals surface area contributed by atoms with Gasteiger partial charge in [0.1, 0.15) is 10.7 Å². The molecular weight excluding hydrogens is 322 g/mol. The highest BCUT2D eigenvalue weighted by atomic mass is 32.1. The van der Waals surface area contributed by atoms with Gasteiger partial charge in [0.25, 0.3) is 5.91 Å². The Morgan fingerprint density at radius 2 is 2.21 bits per heavy atom. The minimum Gasteiger partial charge on any atom is -0.396 e. The van der Waals surface area contributed by atoms with Crippen molar-refractivity contribution in [2.45, 2.75) is 32.6 Å². The molecule has 1 fully saturated rings. The molecule has 0 bridgehead atoms. The summed E-state index contributed by atoms with van der Waals surface area (Å²) in [5.41, 5.74) is 2.78. The van der Waals surface area contributed by atoms with Gasteiger partial charge in [-0.05, 0) is 50.7 Å². The summed E-state index contributed by atoms with van der Waals surface area (Å²) in [7, 11) is 2.02. The Hall–Kier alpha value is -1.66. The van der Waals surface area contributed by atoms with Gasteiger partial charge in [0, 0.05) is 37.8 Å². The van der Waals surface area contributed by atoms with Crippen molar-refractivity contribution >= 4 is 17.2 Å². The molecule has 1 aliphatic heterocycles. The van der Waals surface area contributed by atoms with Crippen LogP contribution < -0.4 is 0 Å². The Morgan fingerprint density at radius 1 is 1.38 bits per heavy atom. The van der Waals surface area contributed by atoms with Crippen LogP contribution in [0.2, 0.25) is 0 Å². The second-order valence-corrected chi connectivity index (χ2v) is 7.42. The van der Waals surface area contributed by atoms with E-state index in [-0.39, 0.29) is 12.5 Å². The molecule has 3 rings (SSSR count). The molecule has 24 heavy (non-hydrogen) atoms. The van der Waals surface area contributed by atoms with E-state index >= 15 is 0 Å². The molecule has 1 amide bonds. The van der Waals surface area contributed by atoms with Crippen molar-refractivity contribution < 1.29 is 9.90 Å². The number of carbonyl (C=O) groups is 1. The zero-order valence-electron chi connectivity index (χ0n) is 14.4. The molecule has 1 atom stereocenters. The van der Waals surface area contributed by atoms with Gasteiger partial charge in [0.15, 0.2) is 0 Å². The van der Waals surface area contributed by atoms with Crippen molar-refractivity contribution in [3.8, 4) is 10.7 Å². The molecule has 1 unspecified atom stereocenters. The third-order valence-electron chi connectivity index (χ3n) is 4.99. The maximum atomic E-state index is 12.8. The lowest BCUT2D eigenvalue weighted by molar-refractivity contribution is 0.0754. The van der Waals surface area contributed by atoms with Crippen LogP contribution in [0.25, 0.3) is 10.7 Å². The highest BCUT2D eigenvalue weighted by Gasteiger charge is 2.23. The lowest BCUT2D eigenvalue weighted by atomic mass is 9.98. The number of amides is 1. The summed E-state index contributed by atoms with van der Waals surface area (Å²) in [5.74, 6) is 0.568. The van der Waals surface area contributed by atoms with Gasteiger partial charge in [-0.15, -0.1) is 11.3 Å². The zero-order chi connectivity index (χ0) is 17.1. The Labute approximate surface area is 146 Å². The molecule has 3 heterocycles. The number of thiazole rings is 1. The van der Waals surface area contributed by atoms with Gasteiger partial charge in [-0.1, -0.05) is 0 Å². The first kappa shape index (κ1) is 17.2. The van der Waals surface area contributed by atoms with Crippen molar-refractivity contribution in [1.29, 1.82) is 0 Å². The number of rotatable bonds is 4. The summed E-state index contributed by atoms with van der Waals surface area (Å²) in [6.07, 6.45) is 3.91. The smallest absolute Gasteiger partial charge is 0.273 e. The minimum atomic E-state index is 0.0353. The molecule has 2 aromatic heterocycles. The van der Waals surface area contributed by atoms with Crippen LogP contribution in [0.4, 0.5) is 0 Å². The maximum Gasteiger partial charge on any atom is 0.273 e. The van der Waals surface area contributed by atoms with Gasteiger partial charge >= 0.3 is 0 Å². The normalized spacial score (nSPS) is 18.6. The van der Waals surface area contributed by atoms with Crippen LogP contribution in [0, 0.1) is 12.8 Å². The second-order valence-electron chi connectivity index (χ2n) is 6.56. The van der Waals surface area contributed by atoms with E-state index in [9.17, 15) is 4.79 Å². The standard InChI is InChI=1S/C18H25N3O2S/c1-13-5-6-16(20(13)2)17-19-15(12-24-17)18(23)21-9-3-4-14(7-10-21)8-11-22/h5-6,12,14,22H,3-4,7-11H2,1-2H3. The first-order chi connectivity index (χ1) is 11.6. The fourth-order valence-electron chi connectivity index (χ4n) is 3.32. The molecular formula is C18H25N3O2S. The van der Waals surface area contributed by atoms with Gasteiger partial charge in [-0.3, -0.25) is 4.79 Å². The van der Waals surface area contributed by atoms with Gasteiger partial charge in [0.2, 0.25) is 0 Å². The lowest BCUT2D eigenvalue weighted by Gasteiger charge is -2.19. The number of hydrogen-bond acceptors (Lipinski definition) is 4. The largest absolute Gasteiger partial charge is 0.396 e. The Balaban J connectivity index is 1.71. The van der Waals surface area contributed by atoms with Crippen LogP contribution in [0.3, 0.4) is 0 Å². The minimum absolute atomic E-state index is 0.0353. The molecule has 5 nitrogen and oxygen atoms in total. The Bertz CT molecular complexity index is 707. The second kappa shape index (κ2) is 7.49. The van der Waals surface area contributed by atoms with E-state index in [2.05, 4.69) is 22.5 Å². The molecule has 2 aromatic rings. The van der Waals surface area contributed by atoms with Crippen LogP contribution in [0.5, 0.6) is 0 Å². The van der Waals surface area contributed by atoms with Gasteiger partial charge < -0.3 is 14.6 Å². The van der Waals surface area contributed by atoms with E-state index in [1.54, 1.807) is 0 Å². The van der Waals surface area contributed by atoms with Crippen LogP contribution in [-0.2, 0) is 7.05 Å². The highest BCUT2D eigenvalue weighted by Crippen LogP contribution is 2.27. The van der Waals surface area contributed by atoms with E-state index in [1.165, 1.54) is 17.0 Å². The molecule has 6 heteroatoms. The summed E-state index contributed by atoms with van der Waals surface area (Å²) in [6, 6.07) is 4.11. The number of carbonyl (C=O) groups excluding carboxylic acids is 1. The van der Waals surface area contributed by atoms with E-state index < -0.39 is 0 Å². The lowest BCUT2D eigenvalue weighted by Crippen LogP contribution is -2.32. The van der Waals surface area contributed by atoms with Crippen LogP contribution in [0.1, 0.15) is 41.9 Å². The average Bonchev–Trinajstić information content (AvgIpc) is 3.10. The van der Waals surface area contributed by atoms with Crippen LogP contribution >= 0.6 is 11.3 Å². The van der Waals surface area contributed by atoms with E-state index in [1.807, 2.05) is 23.4 Å². The number of aryl methyl sites for hydroxylation is 1. The average molecular weight is 347 g/mol. The summed E-state index contributed by atoms with van der Waals surface area (Å²) in [4.78, 5) is 19.3. The van der Waals surface area contributed by atoms with E-state index in [0.717, 1.165) is 49.5 Å². The van der Waals surface area contributed by atoms with Crippen molar-refractivity contribution in [2.75, 3.05) is 19.7 Å². The summed E-state index contributed by atoms with van der Waals surface area (Å²) >= 11 is 1.52. The first-order valence-corrected chi connectivity index (χ1v) is 9.46. The summed E-state index contributed by atoms with van der Waals surface area (Å²) in [6.45, 7) is 3.85. The summed E-state index contributed by atoms with van der Waals surface area (Å²) < 4.78 is 2.10. The molecule has 1 aliphatic rings. The molecule has 1 saturated heterocycles. The number of aromatic nitrogens is 2. The molecule has 0 aliphatic carbocycles. The Morgan fingerprint density at radius 3 is 2.92 bits per heavy atom. The molecule has 130 valence electrons. The van der Waals surface area contributed by atoms with Crippen molar-refractivity contribution in [2.24, 2.45) is 13.0 Å².